The summed E-state index contributed by atoms with van der Waals surface area (Å²) in [7, 11) is 1.42. The summed E-state index contributed by atoms with van der Waals surface area (Å²) in [5, 5.41) is 6.13. The maximum Gasteiger partial charge on any atom is 0.308 e. The summed E-state index contributed by atoms with van der Waals surface area (Å²) in [6.45, 7) is 0.943. The molecule has 9 heteroatoms. The Morgan fingerprint density at radius 3 is 2.61 bits per heavy atom. The highest BCUT2D eigenvalue weighted by Gasteiger charge is 2.09. The SMILES string of the molecule is COc1cc(/C=N\NC(=O)CNC(=O)c2cccc(F)c2)ccc1OC(C)=O. The van der Waals surface area contributed by atoms with E-state index in [1.165, 1.54) is 44.5 Å². The minimum atomic E-state index is -0.579. The highest BCUT2D eigenvalue weighted by Crippen LogP contribution is 2.27. The Kier molecular flexibility index (Phi) is 7.21. The number of hydrogen-bond donors (Lipinski definition) is 2. The number of benzene rings is 2. The summed E-state index contributed by atoms with van der Waals surface area (Å²) >= 11 is 0. The minimum absolute atomic E-state index is 0.108. The second-order valence-electron chi connectivity index (χ2n) is 5.49. The summed E-state index contributed by atoms with van der Waals surface area (Å²) < 4.78 is 23.2. The lowest BCUT2D eigenvalue weighted by Crippen LogP contribution is -2.34. The molecule has 2 amide bonds. The first-order chi connectivity index (χ1) is 13.4. The van der Waals surface area contributed by atoms with E-state index in [-0.39, 0.29) is 17.9 Å². The lowest BCUT2D eigenvalue weighted by molar-refractivity contribution is -0.132. The van der Waals surface area contributed by atoms with E-state index < -0.39 is 23.6 Å². The van der Waals surface area contributed by atoms with Crippen LogP contribution >= 0.6 is 0 Å². The fourth-order valence-electron chi connectivity index (χ4n) is 2.11. The van der Waals surface area contributed by atoms with Crippen LogP contribution in [0.1, 0.15) is 22.8 Å². The van der Waals surface area contributed by atoms with Gasteiger partial charge in [-0.1, -0.05) is 6.07 Å². The molecule has 0 radical (unpaired) electrons. The first-order valence-electron chi connectivity index (χ1n) is 8.11. The van der Waals surface area contributed by atoms with Gasteiger partial charge in [-0.3, -0.25) is 14.4 Å². The Hall–Kier alpha value is -3.75. The summed E-state index contributed by atoms with van der Waals surface area (Å²) in [5.41, 5.74) is 2.94. The number of hydrogen-bond acceptors (Lipinski definition) is 6. The van der Waals surface area contributed by atoms with Crippen LogP contribution in [0.25, 0.3) is 0 Å². The molecule has 0 bridgehead atoms. The number of halogens is 1. The highest BCUT2D eigenvalue weighted by molar-refractivity contribution is 5.96. The zero-order chi connectivity index (χ0) is 20.5. The van der Waals surface area contributed by atoms with Crippen LogP contribution in [0.2, 0.25) is 0 Å². The standard InChI is InChI=1S/C19H18FN3O5/c1-12(24)28-16-7-6-13(8-17(16)27-2)10-22-23-18(25)11-21-19(26)14-4-3-5-15(20)9-14/h3-10H,11H2,1-2H3,(H,21,26)(H,23,25)/b22-10-. The van der Waals surface area contributed by atoms with Crippen molar-refractivity contribution < 1.29 is 28.2 Å². The van der Waals surface area contributed by atoms with E-state index in [4.69, 9.17) is 9.47 Å². The summed E-state index contributed by atoms with van der Waals surface area (Å²) in [5.74, 6) is -1.58. The third-order valence-electron chi connectivity index (χ3n) is 3.34. The zero-order valence-corrected chi connectivity index (χ0v) is 15.2. The number of nitrogens with one attached hydrogen (secondary N) is 2. The summed E-state index contributed by atoms with van der Waals surface area (Å²) in [6.07, 6.45) is 1.35. The smallest absolute Gasteiger partial charge is 0.308 e. The molecule has 0 atom stereocenters. The van der Waals surface area contributed by atoms with Crippen molar-refractivity contribution in [2.75, 3.05) is 13.7 Å². The van der Waals surface area contributed by atoms with E-state index in [0.29, 0.717) is 11.3 Å². The first-order valence-corrected chi connectivity index (χ1v) is 8.11. The van der Waals surface area contributed by atoms with Gasteiger partial charge >= 0.3 is 5.97 Å². The number of esters is 1. The topological polar surface area (TPSA) is 106 Å². The number of nitrogens with zero attached hydrogens (tertiary/aromatic N) is 1. The molecule has 8 nitrogen and oxygen atoms in total. The Morgan fingerprint density at radius 2 is 1.93 bits per heavy atom. The van der Waals surface area contributed by atoms with Crippen LogP contribution < -0.4 is 20.2 Å². The molecule has 0 saturated carbocycles. The number of amides is 2. The van der Waals surface area contributed by atoms with Gasteiger partial charge in [-0.25, -0.2) is 9.82 Å². The zero-order valence-electron chi connectivity index (χ0n) is 15.2. The molecule has 0 heterocycles. The van der Waals surface area contributed by atoms with Crippen LogP contribution in [0, 0.1) is 5.82 Å². The normalized spacial score (nSPS) is 10.4. The van der Waals surface area contributed by atoms with Crippen molar-refractivity contribution in [1.29, 1.82) is 0 Å². The van der Waals surface area contributed by atoms with Crippen LogP contribution in [-0.2, 0) is 9.59 Å². The van der Waals surface area contributed by atoms with Crippen LogP contribution in [0.15, 0.2) is 47.6 Å². The molecule has 0 spiro atoms. The fourth-order valence-corrected chi connectivity index (χ4v) is 2.11. The molecule has 0 aliphatic carbocycles. The molecule has 2 aromatic rings. The molecule has 2 rings (SSSR count). The van der Waals surface area contributed by atoms with Gasteiger partial charge in [-0.2, -0.15) is 5.10 Å². The van der Waals surface area contributed by atoms with Gasteiger partial charge in [0.1, 0.15) is 5.82 Å². The molecule has 2 N–H and O–H groups in total. The van der Waals surface area contributed by atoms with Gasteiger partial charge in [-0.15, -0.1) is 0 Å². The Bertz CT molecular complexity index is 914. The van der Waals surface area contributed by atoms with Crippen LogP contribution in [0.3, 0.4) is 0 Å². The van der Waals surface area contributed by atoms with E-state index >= 15 is 0 Å². The molecule has 146 valence electrons. The second-order valence-corrected chi connectivity index (χ2v) is 5.49. The van der Waals surface area contributed by atoms with E-state index in [2.05, 4.69) is 15.8 Å². The lowest BCUT2D eigenvalue weighted by atomic mass is 10.2. The van der Waals surface area contributed by atoms with Crippen LogP contribution in [0.5, 0.6) is 11.5 Å². The Balaban J connectivity index is 1.87. The molecule has 0 saturated heterocycles. The van der Waals surface area contributed by atoms with Gasteiger partial charge in [0.25, 0.3) is 11.8 Å². The van der Waals surface area contributed by atoms with E-state index in [0.717, 1.165) is 6.07 Å². The molecule has 0 fully saturated rings. The summed E-state index contributed by atoms with van der Waals surface area (Å²) in [6, 6.07) is 9.83. The minimum Gasteiger partial charge on any atom is -0.493 e. The van der Waals surface area contributed by atoms with Crippen LogP contribution in [0.4, 0.5) is 4.39 Å². The molecule has 0 aliphatic heterocycles. The summed E-state index contributed by atoms with van der Waals surface area (Å²) in [4.78, 5) is 34.6. The maximum atomic E-state index is 13.1. The first kappa shape index (κ1) is 20.6. The number of ether oxygens (including phenoxy) is 2. The van der Waals surface area contributed by atoms with Crippen molar-refractivity contribution >= 4 is 24.0 Å². The van der Waals surface area contributed by atoms with Crippen molar-refractivity contribution in [3.8, 4) is 11.5 Å². The van der Waals surface area contributed by atoms with E-state index in [1.54, 1.807) is 12.1 Å². The van der Waals surface area contributed by atoms with Gasteiger partial charge in [0, 0.05) is 12.5 Å². The quantitative estimate of drug-likeness (QED) is 0.325. The van der Waals surface area contributed by atoms with E-state index in [1.807, 2.05) is 0 Å². The third kappa shape index (κ3) is 6.20. The van der Waals surface area contributed by atoms with Crippen LogP contribution in [-0.4, -0.2) is 37.7 Å². The highest BCUT2D eigenvalue weighted by atomic mass is 19.1. The number of carbonyl (C=O) groups is 3. The van der Waals surface area contributed by atoms with Gasteiger partial charge in [0.05, 0.1) is 19.9 Å². The van der Waals surface area contributed by atoms with Gasteiger partial charge in [0.15, 0.2) is 11.5 Å². The third-order valence-corrected chi connectivity index (χ3v) is 3.34. The predicted molar refractivity (Wildman–Crippen MR) is 98.8 cm³/mol. The van der Waals surface area contributed by atoms with Crippen molar-refractivity contribution in [2.45, 2.75) is 6.92 Å². The molecular formula is C19H18FN3O5. The molecule has 2 aromatic carbocycles. The second kappa shape index (κ2) is 9.81. The molecular weight excluding hydrogens is 369 g/mol. The Morgan fingerprint density at radius 1 is 1.14 bits per heavy atom. The average Bonchev–Trinajstić information content (AvgIpc) is 2.66. The molecule has 0 unspecified atom stereocenters. The largest absolute Gasteiger partial charge is 0.493 e. The van der Waals surface area contributed by atoms with Crippen molar-refractivity contribution in [1.82, 2.24) is 10.7 Å². The number of carbonyl (C=O) groups excluding carboxylic acids is 3. The number of rotatable bonds is 7. The molecule has 0 aromatic heterocycles. The molecule has 0 aliphatic rings. The predicted octanol–water partition coefficient (Wildman–Crippen LogP) is 1.64. The van der Waals surface area contributed by atoms with E-state index in [9.17, 15) is 18.8 Å². The van der Waals surface area contributed by atoms with Gasteiger partial charge in [-0.05, 0) is 42.0 Å². The average molecular weight is 387 g/mol. The number of hydrazone groups is 1. The van der Waals surface area contributed by atoms with Crippen molar-refractivity contribution in [3.05, 3.63) is 59.4 Å². The number of methoxy groups -OCH3 is 1. The fraction of sp³-hybridized carbons (Fsp3) is 0.158. The van der Waals surface area contributed by atoms with Gasteiger partial charge in [0.2, 0.25) is 0 Å². The molecule has 28 heavy (non-hydrogen) atoms. The van der Waals surface area contributed by atoms with Crippen molar-refractivity contribution in [3.63, 3.8) is 0 Å². The maximum absolute atomic E-state index is 13.1. The lowest BCUT2D eigenvalue weighted by Gasteiger charge is -2.08. The van der Waals surface area contributed by atoms with Crippen molar-refractivity contribution in [2.24, 2.45) is 5.10 Å². The monoisotopic (exact) mass is 387 g/mol. The Labute approximate surface area is 160 Å². The van der Waals surface area contributed by atoms with Gasteiger partial charge < -0.3 is 14.8 Å².